The molecular weight excluding hydrogens is 1380 g/mol. The number of methoxy groups -OCH3 is 1. The molecule has 4 aromatic carbocycles. The van der Waals surface area contributed by atoms with E-state index < -0.39 is 59.7 Å². The number of pyridine rings is 2. The zero-order valence-corrected chi connectivity index (χ0v) is 60.0. The standard InChI is InChI=1S/C21H19F2N3O4.C20H25NO4.C19H16N2O5.C18H21NO4S/c1-11-8-12-5-6-16(27)14(13(12)9-17(11)30-21(22)23)10-18(28)26-15-4-3-7-25-19(15)20(29)24-2;1-12-7-8-15-14(9-10-25-19(15)13(12)2)11-18(22)21-17-6-4-3-5-16(17)20(23)24;1-10-5-6-13-12(9-26-19(25)16(13)11(10)2)8-15(22)21-17-14(18(23)24)4-3-7-20-17;1-11-8-15-13(10-14(11)23-2)12(4-7-24-15)9-16(20)19-18(17(21)22)5-3-6-18/h3-4,7-10,21H,5-6H2,1-2H3,(H,24,29)(H,26,28);7-8,11,16-17H,3-6,9-10H2,1-2H3,(H,21,22)(H,23,24);3-8H,9H2,1-2H3,(H,23,24)(H,20,21,22);8-10H,3-7H2,1-2H3,(H,19,20)(H,21,22)/b14-10-;14-11+;12-8+;12-9+. The molecule has 2 unspecified atom stereocenters. The maximum Gasteiger partial charge on any atom is 0.387 e. The highest BCUT2D eigenvalue weighted by Gasteiger charge is 2.45. The zero-order valence-electron chi connectivity index (χ0n) is 59.1. The van der Waals surface area contributed by atoms with Gasteiger partial charge in [0.05, 0.1) is 30.9 Å². The number of hydrogen-bond donors (Lipinski definition) is 8. The van der Waals surface area contributed by atoms with Gasteiger partial charge < -0.3 is 60.9 Å². The van der Waals surface area contributed by atoms with Crippen LogP contribution in [0.5, 0.6) is 17.2 Å². The summed E-state index contributed by atoms with van der Waals surface area (Å²) in [6.07, 6.45) is 15.5. The van der Waals surface area contributed by atoms with Gasteiger partial charge in [-0.3, -0.25) is 33.6 Å². The molecule has 3 aliphatic carbocycles. The molecule has 2 aromatic heterocycles. The average molecular weight is 1460 g/mol. The number of anilines is 2. The second kappa shape index (κ2) is 34.8. The van der Waals surface area contributed by atoms with Crippen molar-refractivity contribution in [2.45, 2.75) is 135 Å². The lowest BCUT2D eigenvalue weighted by molar-refractivity contribution is -0.151. The van der Waals surface area contributed by atoms with E-state index in [0.29, 0.717) is 66.5 Å². The number of aryl methyl sites for hydroxylation is 5. The number of aliphatic carboxylic acids is 2. The third kappa shape index (κ3) is 18.9. The number of nitrogens with zero attached hydrogens (tertiary/aromatic N) is 2. The number of cyclic esters (lactones) is 1. The molecule has 24 nitrogen and oxygen atoms in total. The second-order valence-corrected chi connectivity index (χ2v) is 26.9. The summed E-state index contributed by atoms with van der Waals surface area (Å²) in [5, 5.41) is 40.9. The number of carboxylic acids is 3. The van der Waals surface area contributed by atoms with E-state index in [4.69, 9.17) is 19.3 Å². The molecule has 105 heavy (non-hydrogen) atoms. The summed E-state index contributed by atoms with van der Waals surface area (Å²) in [4.78, 5) is 129. The number of fused-ring (bicyclic) bond motifs is 4. The number of allylic oxidation sites excluding steroid dienone is 2. The monoisotopic (exact) mass is 1460 g/mol. The number of nitrogens with one attached hydrogen (secondary N) is 5. The number of esters is 1. The molecule has 0 radical (unpaired) electrons. The van der Waals surface area contributed by atoms with Crippen molar-refractivity contribution >= 4 is 105 Å². The Hall–Kier alpha value is -11.4. The predicted octanol–water partition coefficient (Wildman–Crippen LogP) is 11.7. The van der Waals surface area contributed by atoms with E-state index in [9.17, 15) is 66.9 Å². The van der Waals surface area contributed by atoms with Crippen molar-refractivity contribution in [1.29, 1.82) is 0 Å². The number of carbonyl (C=O) groups excluding carboxylic acids is 7. The first-order valence-electron chi connectivity index (χ1n) is 33.9. The molecule has 2 saturated carbocycles. The fourth-order valence-corrected chi connectivity index (χ4v) is 14.0. The number of carbonyl (C=O) groups is 10. The minimum Gasteiger partial charge on any atom is -0.496 e. The highest BCUT2D eigenvalue weighted by Crippen LogP contribution is 2.42. The van der Waals surface area contributed by atoms with Crippen molar-refractivity contribution in [3.8, 4) is 17.2 Å². The number of hydrogen-bond acceptors (Lipinski definition) is 17. The van der Waals surface area contributed by atoms with Crippen LogP contribution < -0.4 is 40.8 Å². The first-order chi connectivity index (χ1) is 50.1. The Kier molecular flexibility index (Phi) is 25.7. The van der Waals surface area contributed by atoms with Gasteiger partial charge in [0.25, 0.3) is 5.91 Å². The van der Waals surface area contributed by atoms with Crippen molar-refractivity contribution in [2.75, 3.05) is 43.8 Å². The Morgan fingerprint density at radius 3 is 2.01 bits per heavy atom. The molecule has 2 atom stereocenters. The average Bonchev–Trinajstić information content (AvgIpc) is 0.774. The van der Waals surface area contributed by atoms with E-state index in [0.717, 1.165) is 116 Å². The Morgan fingerprint density at radius 2 is 1.32 bits per heavy atom. The van der Waals surface area contributed by atoms with Crippen LogP contribution in [0.1, 0.15) is 157 Å². The minimum atomic E-state index is -3.01. The fraction of sp³-hybridized carbons (Fsp3) is 0.333. The predicted molar refractivity (Wildman–Crippen MR) is 388 cm³/mol. The molecule has 5 amide bonds. The number of halogens is 2. The second-order valence-electron chi connectivity index (χ2n) is 25.8. The SMILES string of the molecule is CNC(=O)c1ncccc1NC(=O)/C=C1\C(=O)CCc2cc(C)c(OC(F)F)cc21.COc1cc2c(cc1C)SCC/C2=C\C(=O)NC1(C(=O)O)CCC1.Cc1ccc2c(c1C)C(=O)OC/C2=C\C(=O)Nc1ncccc1C(=O)O.Cc1ccc2c(c1C)OCC/C2=C\C(=O)NC1CCCCC1C(=O)O. The number of aromatic nitrogens is 2. The van der Waals surface area contributed by atoms with Gasteiger partial charge in [-0.1, -0.05) is 43.2 Å². The molecule has 2 fully saturated rings. The Bertz CT molecular complexity index is 4600. The van der Waals surface area contributed by atoms with Crippen molar-refractivity contribution in [3.63, 3.8) is 0 Å². The Balaban J connectivity index is 0.000000163. The molecule has 0 spiro atoms. The van der Waals surface area contributed by atoms with E-state index in [-0.39, 0.29) is 70.8 Å². The molecule has 0 saturated heterocycles. The van der Waals surface area contributed by atoms with Crippen LogP contribution in [0, 0.1) is 47.5 Å². The summed E-state index contributed by atoms with van der Waals surface area (Å²) in [6, 6.07) is 20.4. The molecule has 8 N–H and O–H groups in total. The first-order valence-corrected chi connectivity index (χ1v) is 34.9. The van der Waals surface area contributed by atoms with Crippen molar-refractivity contribution in [1.82, 2.24) is 25.9 Å². The van der Waals surface area contributed by atoms with E-state index in [2.05, 4.69) is 47.4 Å². The first kappa shape index (κ1) is 77.8. The molecular formula is C78H81F2N7O17S. The van der Waals surface area contributed by atoms with Gasteiger partial charge in [0, 0.05) is 90.0 Å². The lowest BCUT2D eigenvalue weighted by atomic mass is 9.76. The molecule has 12 rings (SSSR count). The van der Waals surface area contributed by atoms with Gasteiger partial charge in [-0.2, -0.15) is 8.78 Å². The Morgan fingerprint density at radius 1 is 0.667 bits per heavy atom. The largest absolute Gasteiger partial charge is 0.496 e. The van der Waals surface area contributed by atoms with Crippen LogP contribution in [0.15, 0.2) is 114 Å². The molecule has 27 heteroatoms. The number of Topliss-reactive ketones (excluding diaryl/α,β-unsaturated/α-hetero) is 1. The summed E-state index contributed by atoms with van der Waals surface area (Å²) in [7, 11) is 3.07. The Labute approximate surface area is 608 Å². The molecule has 550 valence electrons. The molecule has 6 aromatic rings. The number of alkyl halides is 2. The fourth-order valence-electron chi connectivity index (χ4n) is 12.9. The summed E-state index contributed by atoms with van der Waals surface area (Å²) in [6.45, 7) is 8.92. The van der Waals surface area contributed by atoms with Crippen LogP contribution in [-0.2, 0) is 44.7 Å². The zero-order chi connectivity index (χ0) is 76.0. The van der Waals surface area contributed by atoms with Crippen molar-refractivity contribution in [3.05, 3.63) is 188 Å². The summed E-state index contributed by atoms with van der Waals surface area (Å²) >= 11 is 1.76. The van der Waals surface area contributed by atoms with Crippen LogP contribution in [0.2, 0.25) is 0 Å². The molecule has 3 aliphatic heterocycles. The van der Waals surface area contributed by atoms with Crippen molar-refractivity contribution in [2.24, 2.45) is 5.92 Å². The number of aromatic carboxylic acids is 1. The molecule has 6 aliphatic rings. The maximum absolute atomic E-state index is 12.7. The topological polar surface area (TPSA) is 354 Å². The summed E-state index contributed by atoms with van der Waals surface area (Å²) < 4.78 is 46.2. The van der Waals surface area contributed by atoms with E-state index in [1.807, 2.05) is 58.9 Å². The van der Waals surface area contributed by atoms with Crippen LogP contribution in [-0.4, -0.2) is 136 Å². The third-order valence-corrected chi connectivity index (χ3v) is 20.0. The number of amides is 5. The maximum atomic E-state index is 12.7. The van der Waals surface area contributed by atoms with Gasteiger partial charge in [0.2, 0.25) is 23.6 Å². The van der Waals surface area contributed by atoms with Gasteiger partial charge in [-0.05, 0) is 196 Å². The van der Waals surface area contributed by atoms with E-state index in [1.54, 1.807) is 56.1 Å². The van der Waals surface area contributed by atoms with E-state index >= 15 is 0 Å². The number of rotatable bonds is 15. The lowest BCUT2D eigenvalue weighted by Gasteiger charge is -2.38. The summed E-state index contributed by atoms with van der Waals surface area (Å²) in [5.41, 5.74) is 11.3. The van der Waals surface area contributed by atoms with E-state index in [1.165, 1.54) is 49.8 Å². The van der Waals surface area contributed by atoms with Crippen molar-refractivity contribution < 1.29 is 91.0 Å². The number of ketones is 1. The smallest absolute Gasteiger partial charge is 0.387 e. The van der Waals surface area contributed by atoms with Gasteiger partial charge in [0.1, 0.15) is 40.8 Å². The van der Waals surface area contributed by atoms with Crippen LogP contribution in [0.25, 0.3) is 22.3 Å². The normalized spacial score (nSPS) is 18.1. The van der Waals surface area contributed by atoms with Gasteiger partial charge in [-0.15, -0.1) is 11.8 Å². The van der Waals surface area contributed by atoms with Crippen LogP contribution in [0.4, 0.5) is 20.3 Å². The van der Waals surface area contributed by atoms with Gasteiger partial charge in [-0.25, -0.2) is 24.4 Å². The number of carboxylic acid groups (broad SMARTS) is 3. The highest BCUT2D eigenvalue weighted by atomic mass is 32.2. The minimum absolute atomic E-state index is 0.0189. The number of benzene rings is 4. The quantitative estimate of drug-likeness (QED) is 0.0350. The van der Waals surface area contributed by atoms with Crippen LogP contribution >= 0.6 is 11.8 Å². The number of ether oxygens (including phenoxy) is 4. The van der Waals surface area contributed by atoms with Gasteiger partial charge in [0.15, 0.2) is 11.5 Å². The lowest BCUT2D eigenvalue weighted by Crippen LogP contribution is -2.58. The number of thioether (sulfide) groups is 1. The van der Waals surface area contributed by atoms with Crippen LogP contribution in [0.3, 0.4) is 0 Å². The van der Waals surface area contributed by atoms with Gasteiger partial charge >= 0.3 is 30.5 Å². The highest BCUT2D eigenvalue weighted by molar-refractivity contribution is 7.99. The molecule has 0 bridgehead atoms. The summed E-state index contributed by atoms with van der Waals surface area (Å²) in [5.74, 6) is -3.93. The third-order valence-electron chi connectivity index (χ3n) is 19.0. The molecule has 5 heterocycles.